The van der Waals surface area contributed by atoms with Gasteiger partial charge in [-0.3, -0.25) is 19.2 Å². The number of ketones is 1. The SMILES string of the molecule is C=CCNC(=O)C(=O)C(CCC)NC(=O)C1[C@@H]2C(CN1C(=O)[C@@H](NC(=O)N[C@H](COC(=O)NC(C)(C)C)C(C)(C)C)C(C)(C)C)C2(C)C. The summed E-state index contributed by atoms with van der Waals surface area (Å²) in [6.07, 6.45) is 1.65. The molecular weight excluding hydrogens is 616 g/mol. The minimum Gasteiger partial charge on any atom is -0.447 e. The first kappa shape index (κ1) is 40.5. The lowest BCUT2D eigenvalue weighted by Gasteiger charge is -2.38. The molecule has 0 bridgehead atoms. The van der Waals surface area contributed by atoms with Gasteiger partial charge in [-0.05, 0) is 55.3 Å². The zero-order chi connectivity index (χ0) is 37.0. The van der Waals surface area contributed by atoms with Crippen molar-refractivity contribution in [3.05, 3.63) is 12.7 Å². The molecule has 0 aromatic carbocycles. The van der Waals surface area contributed by atoms with Crippen molar-refractivity contribution in [2.45, 2.75) is 126 Å². The number of likely N-dealkylation sites (tertiary alicyclic amines) is 1. The number of nitrogens with one attached hydrogen (secondary N) is 5. The lowest BCUT2D eigenvalue weighted by Crippen LogP contribution is -2.62. The van der Waals surface area contributed by atoms with Gasteiger partial charge in [0.1, 0.15) is 18.7 Å². The van der Waals surface area contributed by atoms with Crippen molar-refractivity contribution < 1.29 is 33.5 Å². The number of carbonyl (C=O) groups is 6. The average Bonchev–Trinajstić information content (AvgIpc) is 3.25. The first-order chi connectivity index (χ1) is 21.9. The van der Waals surface area contributed by atoms with Crippen molar-refractivity contribution in [3.8, 4) is 0 Å². The molecule has 1 heterocycles. The second kappa shape index (κ2) is 15.3. The first-order valence-corrected chi connectivity index (χ1v) is 16.9. The minimum atomic E-state index is -1.05. The molecule has 0 spiro atoms. The number of fused-ring (bicyclic) bond motifs is 1. The Morgan fingerprint density at radius 2 is 1.54 bits per heavy atom. The molecule has 3 unspecified atom stereocenters. The molecule has 6 atom stereocenters. The van der Waals surface area contributed by atoms with Crippen molar-refractivity contribution in [3.63, 3.8) is 0 Å². The minimum absolute atomic E-state index is 0.0597. The summed E-state index contributed by atoms with van der Waals surface area (Å²) in [5.41, 5.74) is -1.94. The normalized spacial score (nSPS) is 21.8. The molecule has 272 valence electrons. The Kier molecular flexibility index (Phi) is 12.9. The monoisotopic (exact) mass is 676 g/mol. The molecule has 13 nitrogen and oxygen atoms in total. The molecule has 5 N–H and O–H groups in total. The molecule has 0 aromatic heterocycles. The molecular formula is C35H60N6O7. The highest BCUT2D eigenvalue weighted by atomic mass is 16.5. The van der Waals surface area contributed by atoms with Crippen LogP contribution in [0.4, 0.5) is 9.59 Å². The Morgan fingerprint density at radius 3 is 2.04 bits per heavy atom. The van der Waals surface area contributed by atoms with Crippen LogP contribution in [0.3, 0.4) is 0 Å². The van der Waals surface area contributed by atoms with Crippen LogP contribution in [0.5, 0.6) is 0 Å². The molecule has 1 saturated carbocycles. The number of hydrogen-bond donors (Lipinski definition) is 5. The van der Waals surface area contributed by atoms with Crippen molar-refractivity contribution in [1.82, 2.24) is 31.5 Å². The van der Waals surface area contributed by atoms with E-state index in [2.05, 4.69) is 33.2 Å². The van der Waals surface area contributed by atoms with Gasteiger partial charge in [0.05, 0.1) is 12.1 Å². The van der Waals surface area contributed by atoms with E-state index in [-0.39, 0.29) is 36.8 Å². The van der Waals surface area contributed by atoms with Crippen molar-refractivity contribution in [2.75, 3.05) is 19.7 Å². The molecule has 1 saturated heterocycles. The quantitative estimate of drug-likeness (QED) is 0.147. The zero-order valence-electron chi connectivity index (χ0n) is 31.1. The maximum Gasteiger partial charge on any atom is 0.407 e. The number of amides is 6. The van der Waals surface area contributed by atoms with Crippen LogP contribution in [0.1, 0.15) is 95.9 Å². The average molecular weight is 677 g/mol. The Hall–Kier alpha value is -3.64. The van der Waals surface area contributed by atoms with Crippen LogP contribution < -0.4 is 26.6 Å². The number of alkyl carbamates (subject to hydrolysis) is 1. The smallest absolute Gasteiger partial charge is 0.407 e. The van der Waals surface area contributed by atoms with Gasteiger partial charge in [0, 0.05) is 18.6 Å². The van der Waals surface area contributed by atoms with Gasteiger partial charge in [-0.2, -0.15) is 0 Å². The van der Waals surface area contributed by atoms with Crippen molar-refractivity contribution >= 4 is 35.6 Å². The zero-order valence-corrected chi connectivity index (χ0v) is 31.1. The van der Waals surface area contributed by atoms with E-state index < -0.39 is 76.2 Å². The second-order valence-electron chi connectivity index (χ2n) is 16.9. The topological polar surface area (TPSA) is 175 Å². The van der Waals surface area contributed by atoms with Crippen LogP contribution in [0.2, 0.25) is 0 Å². The third-order valence-electron chi connectivity index (χ3n) is 9.20. The Labute approximate surface area is 286 Å². The number of rotatable bonds is 13. The van der Waals surface area contributed by atoms with E-state index in [1.54, 1.807) is 0 Å². The number of nitrogens with zero attached hydrogens (tertiary/aromatic N) is 1. The van der Waals surface area contributed by atoms with Crippen molar-refractivity contribution in [2.24, 2.45) is 28.1 Å². The van der Waals surface area contributed by atoms with Crippen LogP contribution in [0.25, 0.3) is 0 Å². The van der Waals surface area contributed by atoms with E-state index in [1.165, 1.54) is 11.0 Å². The van der Waals surface area contributed by atoms with E-state index in [4.69, 9.17) is 4.74 Å². The highest BCUT2D eigenvalue weighted by molar-refractivity contribution is 6.38. The highest BCUT2D eigenvalue weighted by Gasteiger charge is 2.70. The summed E-state index contributed by atoms with van der Waals surface area (Å²) >= 11 is 0. The molecule has 13 heteroatoms. The summed E-state index contributed by atoms with van der Waals surface area (Å²) in [6, 6.07) is -4.15. The maximum atomic E-state index is 14.3. The lowest BCUT2D eigenvalue weighted by molar-refractivity contribution is -0.145. The fourth-order valence-corrected chi connectivity index (χ4v) is 6.19. The molecule has 0 aromatic rings. The lowest BCUT2D eigenvalue weighted by atomic mass is 9.85. The second-order valence-corrected chi connectivity index (χ2v) is 16.9. The Morgan fingerprint density at radius 1 is 0.938 bits per heavy atom. The van der Waals surface area contributed by atoms with Gasteiger partial charge in [0.15, 0.2) is 0 Å². The fourth-order valence-electron chi connectivity index (χ4n) is 6.19. The third-order valence-corrected chi connectivity index (χ3v) is 9.20. The van der Waals surface area contributed by atoms with Crippen LogP contribution in [-0.4, -0.2) is 89.9 Å². The first-order valence-electron chi connectivity index (χ1n) is 16.9. The molecule has 1 aliphatic carbocycles. The molecule has 2 rings (SSSR count). The largest absolute Gasteiger partial charge is 0.447 e. The van der Waals surface area contributed by atoms with Crippen LogP contribution in [0.15, 0.2) is 12.7 Å². The van der Waals surface area contributed by atoms with Crippen LogP contribution >= 0.6 is 0 Å². The number of piperidine rings is 1. The van der Waals surface area contributed by atoms with Gasteiger partial charge in [-0.15, -0.1) is 6.58 Å². The number of hydrogen-bond acceptors (Lipinski definition) is 7. The van der Waals surface area contributed by atoms with Gasteiger partial charge >= 0.3 is 12.1 Å². The fraction of sp³-hybridized carbons (Fsp3) is 0.771. The van der Waals surface area contributed by atoms with E-state index in [1.807, 2.05) is 83.1 Å². The molecule has 2 aliphatic rings. The highest BCUT2D eigenvalue weighted by Crippen LogP contribution is 2.65. The Bertz CT molecular complexity index is 1240. The predicted octanol–water partition coefficient (Wildman–Crippen LogP) is 3.28. The molecule has 1 aliphatic heterocycles. The van der Waals surface area contributed by atoms with Gasteiger partial charge in [0.2, 0.25) is 17.6 Å². The van der Waals surface area contributed by atoms with Crippen molar-refractivity contribution in [1.29, 1.82) is 0 Å². The standard InChI is InChI=1S/C35H60N6O7/c1-14-16-21(25(42)28(44)36-17-15-2)37-27(43)24-23-20(35(23,12)13)18-41(24)29(45)26(33(6,7)8)39-30(46)38-22(32(3,4)5)19-48-31(47)40-34(9,10)11/h15,20-24,26H,2,14,16-19H2,1,3-13H3,(H,36,44)(H,37,43)(H,40,47)(H2,38,39,46)/t20?,21?,22-,23+,24?,26-/m1/s1. The number of ether oxygens (including phenoxy) is 1. The van der Waals surface area contributed by atoms with Crippen LogP contribution in [-0.2, 0) is 23.9 Å². The van der Waals surface area contributed by atoms with Gasteiger partial charge in [-0.25, -0.2) is 9.59 Å². The molecule has 6 amide bonds. The van der Waals surface area contributed by atoms with E-state index in [0.29, 0.717) is 13.0 Å². The number of urea groups is 1. The summed E-state index contributed by atoms with van der Waals surface area (Å²) in [5, 5.41) is 13.7. The van der Waals surface area contributed by atoms with Gasteiger partial charge in [0.25, 0.3) is 5.91 Å². The van der Waals surface area contributed by atoms with Gasteiger partial charge < -0.3 is 36.2 Å². The third kappa shape index (κ3) is 10.4. The number of Topliss-reactive ketones (excluding diaryl/α,β-unsaturated/α-hetero) is 1. The summed E-state index contributed by atoms with van der Waals surface area (Å²) < 4.78 is 5.42. The maximum absolute atomic E-state index is 14.3. The van der Waals surface area contributed by atoms with Gasteiger partial charge in [-0.1, -0.05) is 74.8 Å². The molecule has 48 heavy (non-hydrogen) atoms. The van der Waals surface area contributed by atoms with Crippen LogP contribution in [0, 0.1) is 28.1 Å². The van der Waals surface area contributed by atoms with E-state index >= 15 is 0 Å². The predicted molar refractivity (Wildman–Crippen MR) is 184 cm³/mol. The summed E-state index contributed by atoms with van der Waals surface area (Å²) in [6.45, 7) is 26.5. The molecule has 0 radical (unpaired) electrons. The Balaban J connectivity index is 2.28. The summed E-state index contributed by atoms with van der Waals surface area (Å²) in [7, 11) is 0. The summed E-state index contributed by atoms with van der Waals surface area (Å²) in [4.78, 5) is 80.9. The number of carbonyl (C=O) groups excluding carboxylic acids is 6. The summed E-state index contributed by atoms with van der Waals surface area (Å²) in [5.74, 6) is -2.58. The van der Waals surface area contributed by atoms with E-state index in [0.717, 1.165) is 0 Å². The van der Waals surface area contributed by atoms with E-state index in [9.17, 15) is 28.8 Å². The molecule has 2 fully saturated rings.